The lowest BCUT2D eigenvalue weighted by Gasteiger charge is -2.27. The van der Waals surface area contributed by atoms with Crippen LogP contribution in [-0.2, 0) is 6.54 Å². The molecule has 0 spiro atoms. The van der Waals surface area contributed by atoms with Gasteiger partial charge < -0.3 is 10.1 Å². The Kier molecular flexibility index (Phi) is 5.03. The first-order chi connectivity index (χ1) is 8.74. The fraction of sp³-hybridized carbons (Fsp3) is 0.571. The highest BCUT2D eigenvalue weighted by molar-refractivity contribution is 9.10. The Morgan fingerprint density at radius 2 is 2.33 bits per heavy atom. The van der Waals surface area contributed by atoms with Gasteiger partial charge in [0, 0.05) is 29.2 Å². The van der Waals surface area contributed by atoms with Crippen LogP contribution in [0.4, 0.5) is 0 Å². The first-order valence-electron chi connectivity index (χ1n) is 6.51. The van der Waals surface area contributed by atoms with Crippen LogP contribution >= 0.6 is 15.9 Å². The van der Waals surface area contributed by atoms with Gasteiger partial charge >= 0.3 is 0 Å². The molecule has 18 heavy (non-hydrogen) atoms. The third kappa shape index (κ3) is 3.25. The Balaban J connectivity index is 2.12. The van der Waals surface area contributed by atoms with E-state index in [-0.39, 0.29) is 0 Å². The molecule has 1 atom stereocenters. The number of benzene rings is 1. The predicted octanol–water partition coefficient (Wildman–Crippen LogP) is 2.64. The number of likely N-dealkylation sites (N-methyl/N-ethyl adjacent to an activating group) is 1. The minimum absolute atomic E-state index is 0.652. The van der Waals surface area contributed by atoms with E-state index in [0.29, 0.717) is 6.04 Å². The van der Waals surface area contributed by atoms with Gasteiger partial charge in [0.05, 0.1) is 7.11 Å². The Morgan fingerprint density at radius 3 is 2.94 bits per heavy atom. The minimum atomic E-state index is 0.652. The molecule has 100 valence electrons. The topological polar surface area (TPSA) is 24.5 Å². The van der Waals surface area contributed by atoms with E-state index in [1.165, 1.54) is 12.0 Å². The summed E-state index contributed by atoms with van der Waals surface area (Å²) in [6, 6.07) is 6.86. The number of hydrogen-bond acceptors (Lipinski definition) is 3. The molecule has 1 saturated heterocycles. The molecule has 1 N–H and O–H groups in total. The predicted molar refractivity (Wildman–Crippen MR) is 78.1 cm³/mol. The number of methoxy groups -OCH3 is 1. The Labute approximate surface area is 118 Å². The molecule has 1 aliphatic heterocycles. The van der Waals surface area contributed by atoms with Gasteiger partial charge in [0.2, 0.25) is 0 Å². The molecule has 1 fully saturated rings. The van der Waals surface area contributed by atoms with Crippen LogP contribution in [0.5, 0.6) is 5.75 Å². The number of hydrogen-bond donors (Lipinski definition) is 1. The number of rotatable bonds is 5. The summed E-state index contributed by atoms with van der Waals surface area (Å²) in [6.07, 6.45) is 1.24. The van der Waals surface area contributed by atoms with E-state index in [2.05, 4.69) is 39.1 Å². The van der Waals surface area contributed by atoms with Crippen LogP contribution in [0.3, 0.4) is 0 Å². The molecule has 3 nitrogen and oxygen atoms in total. The van der Waals surface area contributed by atoms with Gasteiger partial charge in [-0.15, -0.1) is 0 Å². The van der Waals surface area contributed by atoms with Crippen molar-refractivity contribution in [3.8, 4) is 5.75 Å². The molecule has 4 heteroatoms. The number of halogens is 1. The number of nitrogens with one attached hydrogen (secondary N) is 1. The van der Waals surface area contributed by atoms with Crippen LogP contribution in [0, 0.1) is 0 Å². The van der Waals surface area contributed by atoms with Gasteiger partial charge in [-0.25, -0.2) is 0 Å². The maximum atomic E-state index is 5.45. The third-order valence-electron chi connectivity index (χ3n) is 3.57. The normalized spacial score (nSPS) is 19.4. The van der Waals surface area contributed by atoms with Gasteiger partial charge in [0.25, 0.3) is 0 Å². The zero-order valence-electron chi connectivity index (χ0n) is 11.1. The molecule has 1 aliphatic rings. The summed E-state index contributed by atoms with van der Waals surface area (Å²) in [7, 11) is 1.74. The molecule has 1 aromatic carbocycles. The van der Waals surface area contributed by atoms with Crippen LogP contribution in [0.25, 0.3) is 0 Å². The lowest BCUT2D eigenvalue weighted by molar-refractivity contribution is 0.207. The largest absolute Gasteiger partial charge is 0.496 e. The molecule has 2 rings (SSSR count). The van der Waals surface area contributed by atoms with Gasteiger partial charge in [-0.3, -0.25) is 4.90 Å². The fourth-order valence-electron chi connectivity index (χ4n) is 2.54. The van der Waals surface area contributed by atoms with Gasteiger partial charge in [-0.05, 0) is 37.7 Å². The van der Waals surface area contributed by atoms with Gasteiger partial charge in [-0.1, -0.05) is 22.9 Å². The average Bonchev–Trinajstić information content (AvgIpc) is 2.90. The van der Waals surface area contributed by atoms with Crippen molar-refractivity contribution in [2.24, 2.45) is 0 Å². The summed E-state index contributed by atoms with van der Waals surface area (Å²) in [5, 5.41) is 3.43. The van der Waals surface area contributed by atoms with Crippen molar-refractivity contribution >= 4 is 15.9 Å². The van der Waals surface area contributed by atoms with Crippen molar-refractivity contribution in [3.63, 3.8) is 0 Å². The van der Waals surface area contributed by atoms with Crippen LogP contribution < -0.4 is 10.1 Å². The molecule has 1 unspecified atom stereocenters. The lowest BCUT2D eigenvalue weighted by Crippen LogP contribution is -2.36. The maximum absolute atomic E-state index is 5.45. The van der Waals surface area contributed by atoms with Gasteiger partial charge in [0.15, 0.2) is 0 Å². The van der Waals surface area contributed by atoms with E-state index < -0.39 is 0 Å². The first kappa shape index (κ1) is 13.8. The van der Waals surface area contributed by atoms with Crippen LogP contribution in [0.2, 0.25) is 0 Å². The first-order valence-corrected chi connectivity index (χ1v) is 7.31. The minimum Gasteiger partial charge on any atom is -0.496 e. The second-order valence-electron chi connectivity index (χ2n) is 4.67. The van der Waals surface area contributed by atoms with Gasteiger partial charge in [0.1, 0.15) is 5.75 Å². The third-order valence-corrected chi connectivity index (χ3v) is 4.07. The molecule has 1 aromatic rings. The highest BCUT2D eigenvalue weighted by atomic mass is 79.9. The molecule has 0 amide bonds. The summed E-state index contributed by atoms with van der Waals surface area (Å²) < 4.78 is 6.56. The Bertz CT molecular complexity index is 391. The highest BCUT2D eigenvalue weighted by Crippen LogP contribution is 2.25. The van der Waals surface area contributed by atoms with Gasteiger partial charge in [-0.2, -0.15) is 0 Å². The van der Waals surface area contributed by atoms with E-state index in [1.807, 2.05) is 12.1 Å². The van der Waals surface area contributed by atoms with E-state index in [4.69, 9.17) is 4.74 Å². The summed E-state index contributed by atoms with van der Waals surface area (Å²) in [5.74, 6) is 0.975. The van der Waals surface area contributed by atoms with Crippen molar-refractivity contribution in [2.45, 2.75) is 25.9 Å². The average molecular weight is 313 g/mol. The van der Waals surface area contributed by atoms with E-state index >= 15 is 0 Å². The highest BCUT2D eigenvalue weighted by Gasteiger charge is 2.21. The molecule has 1 heterocycles. The number of ether oxygens (including phenoxy) is 1. The summed E-state index contributed by atoms with van der Waals surface area (Å²) in [4.78, 5) is 2.52. The smallest absolute Gasteiger partial charge is 0.123 e. The van der Waals surface area contributed by atoms with Crippen LogP contribution in [-0.4, -0.2) is 37.7 Å². The number of nitrogens with zero attached hydrogens (tertiary/aromatic N) is 1. The second-order valence-corrected chi connectivity index (χ2v) is 5.58. The van der Waals surface area contributed by atoms with Crippen molar-refractivity contribution in [2.75, 3.05) is 26.7 Å². The molecule has 0 saturated carbocycles. The van der Waals surface area contributed by atoms with Crippen molar-refractivity contribution in [1.29, 1.82) is 0 Å². The zero-order chi connectivity index (χ0) is 13.0. The summed E-state index contributed by atoms with van der Waals surface area (Å²) in [5.41, 5.74) is 1.25. The molecule has 0 aromatic heterocycles. The summed E-state index contributed by atoms with van der Waals surface area (Å²) >= 11 is 3.53. The molecule has 0 radical (unpaired) electrons. The van der Waals surface area contributed by atoms with Crippen molar-refractivity contribution in [3.05, 3.63) is 28.2 Å². The molecule has 0 aliphatic carbocycles. The van der Waals surface area contributed by atoms with Crippen molar-refractivity contribution in [1.82, 2.24) is 10.2 Å². The molecule has 0 bridgehead atoms. The lowest BCUT2D eigenvalue weighted by atomic mass is 10.1. The van der Waals surface area contributed by atoms with E-state index in [0.717, 1.165) is 36.4 Å². The summed E-state index contributed by atoms with van der Waals surface area (Å²) in [6.45, 7) is 6.48. The Morgan fingerprint density at radius 1 is 1.50 bits per heavy atom. The molecular formula is C14H21BrN2O. The zero-order valence-corrected chi connectivity index (χ0v) is 12.7. The SMILES string of the molecule is CCN(Cc1cc(Br)ccc1OC)C1CCNC1. The van der Waals surface area contributed by atoms with Crippen molar-refractivity contribution < 1.29 is 4.74 Å². The fourth-order valence-corrected chi connectivity index (χ4v) is 2.95. The Hall–Kier alpha value is -0.580. The van der Waals surface area contributed by atoms with E-state index in [1.54, 1.807) is 7.11 Å². The standard InChI is InChI=1S/C14H21BrN2O/c1-3-17(13-6-7-16-9-13)10-11-8-12(15)4-5-14(11)18-2/h4-5,8,13,16H,3,6-7,9-10H2,1-2H3. The molecular weight excluding hydrogens is 292 g/mol. The maximum Gasteiger partial charge on any atom is 0.123 e. The van der Waals surface area contributed by atoms with Crippen LogP contribution in [0.15, 0.2) is 22.7 Å². The van der Waals surface area contributed by atoms with Crippen LogP contribution in [0.1, 0.15) is 18.9 Å². The monoisotopic (exact) mass is 312 g/mol. The van der Waals surface area contributed by atoms with E-state index in [9.17, 15) is 0 Å². The second kappa shape index (κ2) is 6.55. The quantitative estimate of drug-likeness (QED) is 0.904.